The number of rotatable bonds is 4. The van der Waals surface area contributed by atoms with E-state index in [9.17, 15) is 14.0 Å². The number of nitrogens with zero attached hydrogens (tertiary/aromatic N) is 1. The van der Waals surface area contributed by atoms with E-state index >= 15 is 0 Å². The molecule has 1 aliphatic rings. The van der Waals surface area contributed by atoms with Gasteiger partial charge < -0.3 is 20.1 Å². The third-order valence-electron chi connectivity index (χ3n) is 4.00. The summed E-state index contributed by atoms with van der Waals surface area (Å²) in [6, 6.07) is 4.18. The van der Waals surface area contributed by atoms with Crippen LogP contribution in [-0.2, 0) is 4.74 Å². The SMILES string of the molecule is Cc1c(NC(=O)c2cc(F)cc(N3CCOCC3)c2)csc1C(=O)O. The van der Waals surface area contributed by atoms with Gasteiger partial charge in [-0.15, -0.1) is 11.3 Å². The first-order valence-electron chi connectivity index (χ1n) is 7.71. The fourth-order valence-corrected chi connectivity index (χ4v) is 3.51. The number of amides is 1. The van der Waals surface area contributed by atoms with E-state index in [1.165, 1.54) is 12.1 Å². The third-order valence-corrected chi connectivity index (χ3v) is 5.07. The normalized spacial score (nSPS) is 14.4. The third kappa shape index (κ3) is 3.80. The number of carboxylic acids is 1. The van der Waals surface area contributed by atoms with Crippen molar-refractivity contribution in [2.75, 3.05) is 36.5 Å². The molecule has 0 saturated carbocycles. The van der Waals surface area contributed by atoms with Gasteiger partial charge in [-0.2, -0.15) is 0 Å². The van der Waals surface area contributed by atoms with Gasteiger partial charge in [0.05, 0.1) is 18.9 Å². The van der Waals surface area contributed by atoms with E-state index in [0.717, 1.165) is 11.3 Å². The van der Waals surface area contributed by atoms with E-state index in [0.29, 0.717) is 43.2 Å². The van der Waals surface area contributed by atoms with Crippen molar-refractivity contribution in [3.05, 3.63) is 45.4 Å². The highest BCUT2D eigenvalue weighted by molar-refractivity contribution is 7.12. The van der Waals surface area contributed by atoms with Crippen molar-refractivity contribution in [2.45, 2.75) is 6.92 Å². The molecule has 8 heteroatoms. The number of thiophene rings is 1. The molecule has 1 fully saturated rings. The molecule has 25 heavy (non-hydrogen) atoms. The zero-order valence-corrected chi connectivity index (χ0v) is 14.4. The number of nitrogens with one attached hydrogen (secondary N) is 1. The zero-order chi connectivity index (χ0) is 18.0. The number of carbonyl (C=O) groups is 2. The van der Waals surface area contributed by atoms with Crippen LogP contribution in [0.15, 0.2) is 23.6 Å². The van der Waals surface area contributed by atoms with E-state index < -0.39 is 17.7 Å². The number of halogens is 1. The molecule has 0 spiro atoms. The van der Waals surface area contributed by atoms with Crippen molar-refractivity contribution in [2.24, 2.45) is 0 Å². The molecule has 2 heterocycles. The van der Waals surface area contributed by atoms with Gasteiger partial charge in [0.15, 0.2) is 0 Å². The van der Waals surface area contributed by atoms with Crippen LogP contribution < -0.4 is 10.2 Å². The molecule has 1 saturated heterocycles. The fraction of sp³-hybridized carbons (Fsp3) is 0.294. The van der Waals surface area contributed by atoms with E-state index in [1.54, 1.807) is 18.4 Å². The van der Waals surface area contributed by atoms with Crippen LogP contribution in [0.2, 0.25) is 0 Å². The van der Waals surface area contributed by atoms with Gasteiger partial charge in [-0.25, -0.2) is 9.18 Å². The summed E-state index contributed by atoms with van der Waals surface area (Å²) in [5.74, 6) is -2.02. The molecule has 0 aliphatic carbocycles. The number of carboxylic acid groups (broad SMARTS) is 1. The van der Waals surface area contributed by atoms with E-state index in [4.69, 9.17) is 9.84 Å². The first-order valence-corrected chi connectivity index (χ1v) is 8.59. The predicted octanol–water partition coefficient (Wildman–Crippen LogP) is 2.98. The van der Waals surface area contributed by atoms with Crippen molar-refractivity contribution in [1.82, 2.24) is 0 Å². The maximum atomic E-state index is 14.0. The van der Waals surface area contributed by atoms with Gasteiger partial charge in [0.25, 0.3) is 5.91 Å². The van der Waals surface area contributed by atoms with Gasteiger partial charge in [0, 0.05) is 29.7 Å². The highest BCUT2D eigenvalue weighted by Crippen LogP contribution is 2.27. The van der Waals surface area contributed by atoms with Crippen molar-refractivity contribution in [3.63, 3.8) is 0 Å². The van der Waals surface area contributed by atoms with Gasteiger partial charge in [0.1, 0.15) is 10.7 Å². The van der Waals surface area contributed by atoms with Crippen LogP contribution in [0.5, 0.6) is 0 Å². The molecule has 0 bridgehead atoms. The molecule has 2 N–H and O–H groups in total. The summed E-state index contributed by atoms with van der Waals surface area (Å²) in [5, 5.41) is 13.3. The van der Waals surface area contributed by atoms with Crippen LogP contribution in [0.25, 0.3) is 0 Å². The number of ether oxygens (including phenoxy) is 1. The molecule has 2 aromatic rings. The monoisotopic (exact) mass is 364 g/mol. The molecular formula is C17H17FN2O4S. The molecular weight excluding hydrogens is 347 g/mol. The number of carbonyl (C=O) groups excluding carboxylic acids is 1. The number of aromatic carboxylic acids is 1. The van der Waals surface area contributed by atoms with Gasteiger partial charge in [-0.1, -0.05) is 0 Å². The molecule has 1 amide bonds. The molecule has 6 nitrogen and oxygen atoms in total. The molecule has 0 unspecified atom stereocenters. The van der Waals surface area contributed by atoms with Gasteiger partial charge in [0.2, 0.25) is 0 Å². The molecule has 132 valence electrons. The van der Waals surface area contributed by atoms with Crippen molar-refractivity contribution >= 4 is 34.6 Å². The molecule has 1 aliphatic heterocycles. The van der Waals surface area contributed by atoms with Gasteiger partial charge >= 0.3 is 5.97 Å². The molecule has 1 aromatic carbocycles. The Kier molecular flexibility index (Phi) is 5.00. The zero-order valence-electron chi connectivity index (χ0n) is 13.5. The van der Waals surface area contributed by atoms with Crippen LogP contribution in [0.4, 0.5) is 15.8 Å². The van der Waals surface area contributed by atoms with Crippen LogP contribution in [0.1, 0.15) is 25.6 Å². The van der Waals surface area contributed by atoms with E-state index in [1.807, 2.05) is 4.90 Å². The minimum atomic E-state index is -1.04. The summed E-state index contributed by atoms with van der Waals surface area (Å²) in [7, 11) is 0. The first-order chi connectivity index (χ1) is 12.0. The average Bonchev–Trinajstić information content (AvgIpc) is 2.96. The summed E-state index contributed by atoms with van der Waals surface area (Å²) in [4.78, 5) is 25.7. The van der Waals surface area contributed by atoms with Crippen molar-refractivity contribution in [1.29, 1.82) is 0 Å². The summed E-state index contributed by atoms with van der Waals surface area (Å²) >= 11 is 1.04. The Morgan fingerprint density at radius 1 is 1.28 bits per heavy atom. The summed E-state index contributed by atoms with van der Waals surface area (Å²) < 4.78 is 19.2. The molecule has 1 aromatic heterocycles. The lowest BCUT2D eigenvalue weighted by Crippen LogP contribution is -2.36. The quantitative estimate of drug-likeness (QED) is 0.872. The highest BCUT2D eigenvalue weighted by atomic mass is 32.1. The number of morpholine rings is 1. The summed E-state index contributed by atoms with van der Waals surface area (Å²) in [6.45, 7) is 4.01. The largest absolute Gasteiger partial charge is 0.477 e. The molecule has 0 atom stereocenters. The van der Waals surface area contributed by atoms with Crippen molar-refractivity contribution < 1.29 is 23.8 Å². The Morgan fingerprint density at radius 3 is 2.64 bits per heavy atom. The summed E-state index contributed by atoms with van der Waals surface area (Å²) in [6.07, 6.45) is 0. The Labute approximate surface area is 147 Å². The van der Waals surface area contributed by atoms with Crippen LogP contribution >= 0.6 is 11.3 Å². The number of hydrogen-bond donors (Lipinski definition) is 2. The fourth-order valence-electron chi connectivity index (χ4n) is 2.65. The van der Waals surface area contributed by atoms with E-state index in [2.05, 4.69) is 5.32 Å². The first kappa shape index (κ1) is 17.4. The van der Waals surface area contributed by atoms with Gasteiger partial charge in [-0.3, -0.25) is 4.79 Å². The average molecular weight is 364 g/mol. The minimum Gasteiger partial charge on any atom is -0.477 e. The second-order valence-corrected chi connectivity index (χ2v) is 6.54. The molecule has 0 radical (unpaired) electrons. The number of anilines is 2. The lowest BCUT2D eigenvalue weighted by atomic mass is 10.1. The summed E-state index contributed by atoms with van der Waals surface area (Å²) in [5.41, 5.74) is 1.71. The Morgan fingerprint density at radius 2 is 2.00 bits per heavy atom. The van der Waals surface area contributed by atoms with Crippen molar-refractivity contribution in [3.8, 4) is 0 Å². The van der Waals surface area contributed by atoms with Crippen LogP contribution in [-0.4, -0.2) is 43.3 Å². The predicted molar refractivity (Wildman–Crippen MR) is 93.4 cm³/mol. The van der Waals surface area contributed by atoms with Crippen LogP contribution in [0.3, 0.4) is 0 Å². The lowest BCUT2D eigenvalue weighted by molar-refractivity contribution is 0.0701. The smallest absolute Gasteiger partial charge is 0.346 e. The topological polar surface area (TPSA) is 78.9 Å². The Bertz CT molecular complexity index is 815. The Hall–Kier alpha value is -2.45. The Balaban J connectivity index is 1.82. The second-order valence-electron chi connectivity index (χ2n) is 5.66. The minimum absolute atomic E-state index is 0.170. The molecule has 3 rings (SSSR count). The standard InChI is InChI=1S/C17H17FN2O4S/c1-10-14(9-25-15(10)17(22)23)19-16(21)11-6-12(18)8-13(7-11)20-2-4-24-5-3-20/h6-9H,2-5H2,1H3,(H,19,21)(H,22,23). The maximum Gasteiger partial charge on any atom is 0.346 e. The lowest BCUT2D eigenvalue weighted by Gasteiger charge is -2.29. The van der Waals surface area contributed by atoms with Crippen LogP contribution in [0, 0.1) is 12.7 Å². The number of benzene rings is 1. The van der Waals surface area contributed by atoms with Gasteiger partial charge in [-0.05, 0) is 30.7 Å². The second kappa shape index (κ2) is 7.20. The van der Waals surface area contributed by atoms with E-state index in [-0.39, 0.29) is 10.4 Å². The maximum absolute atomic E-state index is 14.0. The number of hydrogen-bond acceptors (Lipinski definition) is 5. The highest BCUT2D eigenvalue weighted by Gasteiger charge is 2.18.